The minimum atomic E-state index is 0.643. The van der Waals surface area contributed by atoms with E-state index in [0.717, 1.165) is 38.6 Å². The zero-order chi connectivity index (χ0) is 25.0. The zero-order valence-electron chi connectivity index (χ0n) is 21.5. The van der Waals surface area contributed by atoms with Crippen molar-refractivity contribution in [2.75, 3.05) is 0 Å². The highest BCUT2D eigenvalue weighted by Crippen LogP contribution is 2.42. The third-order valence-corrected chi connectivity index (χ3v) is 8.22. The van der Waals surface area contributed by atoms with Gasteiger partial charge in [0, 0.05) is 34.9 Å². The first-order chi connectivity index (χ1) is 17.5. The second-order valence-electron chi connectivity index (χ2n) is 10.4. The maximum absolute atomic E-state index is 9.78. The van der Waals surface area contributed by atoms with Crippen LogP contribution >= 0.6 is 0 Å². The number of aryl methyl sites for hydroxylation is 2. The molecule has 3 nitrogen and oxygen atoms in total. The third kappa shape index (κ3) is 3.44. The van der Waals surface area contributed by atoms with E-state index in [1.807, 2.05) is 30.3 Å². The van der Waals surface area contributed by atoms with E-state index in [4.69, 9.17) is 4.42 Å². The van der Waals surface area contributed by atoms with Gasteiger partial charge in [-0.1, -0.05) is 55.3 Å². The van der Waals surface area contributed by atoms with Crippen molar-refractivity contribution in [3.63, 3.8) is 0 Å². The molecule has 178 valence electrons. The molecule has 0 saturated heterocycles. The molecule has 0 bridgehead atoms. The van der Waals surface area contributed by atoms with Crippen LogP contribution in [0.3, 0.4) is 0 Å². The van der Waals surface area contributed by atoms with Crippen molar-refractivity contribution in [2.24, 2.45) is 7.05 Å². The Balaban J connectivity index is 1.65. The van der Waals surface area contributed by atoms with E-state index in [1.165, 1.54) is 53.8 Å². The van der Waals surface area contributed by atoms with Gasteiger partial charge in [-0.25, -0.2) is 0 Å². The molecule has 0 unspecified atom stereocenters. The summed E-state index contributed by atoms with van der Waals surface area (Å²) in [6, 6.07) is 23.1. The van der Waals surface area contributed by atoms with E-state index in [0.29, 0.717) is 11.5 Å². The van der Waals surface area contributed by atoms with Crippen LogP contribution in [0.25, 0.3) is 44.3 Å². The number of rotatable bonds is 3. The molecule has 2 heterocycles. The highest BCUT2D eigenvalue weighted by Gasteiger charge is 2.29. The summed E-state index contributed by atoms with van der Waals surface area (Å²) in [6.45, 7) is 6.70. The van der Waals surface area contributed by atoms with Gasteiger partial charge in [-0.3, -0.25) is 0 Å². The van der Waals surface area contributed by atoms with Crippen molar-refractivity contribution < 1.29 is 8.98 Å². The molecule has 0 spiro atoms. The van der Waals surface area contributed by atoms with E-state index in [-0.39, 0.29) is 0 Å². The molecule has 1 aliphatic carbocycles. The monoisotopic (exact) mass is 471 g/mol. The summed E-state index contributed by atoms with van der Waals surface area (Å²) < 4.78 is 9.10. The minimum absolute atomic E-state index is 0.643. The fourth-order valence-electron chi connectivity index (χ4n) is 6.35. The lowest BCUT2D eigenvalue weighted by Gasteiger charge is -2.17. The van der Waals surface area contributed by atoms with Crippen LogP contribution < -0.4 is 4.57 Å². The SMILES string of the molecule is Cc1cc(-c2c(C)ccc3c2oc2c(-c4ccccc4)cc(C#N)cc23)[n+](C)c(C)c1C1CCCC1. The molecule has 5 aromatic rings. The van der Waals surface area contributed by atoms with Gasteiger partial charge in [0.05, 0.1) is 17.2 Å². The first-order valence-electron chi connectivity index (χ1n) is 12.9. The number of nitriles is 1. The van der Waals surface area contributed by atoms with E-state index in [1.54, 1.807) is 0 Å². The summed E-state index contributed by atoms with van der Waals surface area (Å²) in [6.07, 6.45) is 5.26. The number of furan rings is 1. The van der Waals surface area contributed by atoms with Crippen molar-refractivity contribution in [3.05, 3.63) is 88.6 Å². The largest absolute Gasteiger partial charge is 0.454 e. The summed E-state index contributed by atoms with van der Waals surface area (Å²) in [7, 11) is 2.19. The summed E-state index contributed by atoms with van der Waals surface area (Å²) in [5, 5.41) is 11.8. The van der Waals surface area contributed by atoms with Gasteiger partial charge in [-0.2, -0.15) is 9.83 Å². The maximum Gasteiger partial charge on any atom is 0.216 e. The molecule has 1 fully saturated rings. The number of hydrogen-bond donors (Lipinski definition) is 0. The van der Waals surface area contributed by atoms with E-state index in [2.05, 4.69) is 68.8 Å². The van der Waals surface area contributed by atoms with Crippen molar-refractivity contribution in [3.8, 4) is 28.5 Å². The Morgan fingerprint density at radius 1 is 0.861 bits per heavy atom. The summed E-state index contributed by atoms with van der Waals surface area (Å²) in [5.74, 6) is 0.672. The summed E-state index contributed by atoms with van der Waals surface area (Å²) in [5.41, 5.74) is 12.1. The highest BCUT2D eigenvalue weighted by atomic mass is 16.3. The number of aromatic nitrogens is 1. The average molecular weight is 472 g/mol. The van der Waals surface area contributed by atoms with Crippen LogP contribution in [-0.4, -0.2) is 0 Å². The Labute approximate surface area is 212 Å². The standard InChI is InChI=1S/C33H31N2O/c1-20-14-15-26-28-18-23(19-34)17-27(24-10-6-5-7-11-24)32(28)36-33(26)31(20)29-16-21(2)30(22(3)35(29)4)25-12-8-9-13-25/h5-7,10-11,14-18,25H,8-9,12-13H2,1-4H3/q+1. The molecule has 6 rings (SSSR count). The van der Waals surface area contributed by atoms with Crippen molar-refractivity contribution in [1.82, 2.24) is 0 Å². The predicted molar refractivity (Wildman–Crippen MR) is 146 cm³/mol. The van der Waals surface area contributed by atoms with Crippen LogP contribution in [0.2, 0.25) is 0 Å². The van der Waals surface area contributed by atoms with Gasteiger partial charge in [0.1, 0.15) is 18.2 Å². The van der Waals surface area contributed by atoms with Gasteiger partial charge < -0.3 is 4.42 Å². The van der Waals surface area contributed by atoms with Gasteiger partial charge in [0.2, 0.25) is 5.69 Å². The van der Waals surface area contributed by atoms with Gasteiger partial charge in [-0.05, 0) is 61.4 Å². The molecule has 1 aliphatic rings. The topological polar surface area (TPSA) is 40.8 Å². The second-order valence-corrected chi connectivity index (χ2v) is 10.4. The Kier molecular flexibility index (Phi) is 5.41. The number of pyridine rings is 1. The van der Waals surface area contributed by atoms with E-state index < -0.39 is 0 Å². The smallest absolute Gasteiger partial charge is 0.216 e. The van der Waals surface area contributed by atoms with E-state index >= 15 is 0 Å². The fraction of sp³-hybridized carbons (Fsp3) is 0.273. The van der Waals surface area contributed by atoms with Gasteiger partial charge in [0.25, 0.3) is 0 Å². The van der Waals surface area contributed by atoms with Crippen LogP contribution in [0.1, 0.15) is 59.5 Å². The lowest BCUT2D eigenvalue weighted by atomic mass is 9.90. The quantitative estimate of drug-likeness (QED) is 0.249. The number of benzene rings is 3. The number of nitrogens with zero attached hydrogens (tertiary/aromatic N) is 2. The Morgan fingerprint density at radius 2 is 1.61 bits per heavy atom. The molecule has 0 atom stereocenters. The van der Waals surface area contributed by atoms with Crippen LogP contribution in [0.5, 0.6) is 0 Å². The number of hydrogen-bond acceptors (Lipinski definition) is 2. The van der Waals surface area contributed by atoms with Crippen molar-refractivity contribution in [2.45, 2.75) is 52.4 Å². The molecule has 3 aromatic carbocycles. The molecule has 0 aliphatic heterocycles. The maximum atomic E-state index is 9.78. The van der Waals surface area contributed by atoms with Gasteiger partial charge in [-0.15, -0.1) is 0 Å². The molecule has 3 heteroatoms. The van der Waals surface area contributed by atoms with Gasteiger partial charge >= 0.3 is 0 Å². The van der Waals surface area contributed by atoms with Crippen LogP contribution in [0, 0.1) is 32.1 Å². The predicted octanol–water partition coefficient (Wildman–Crippen LogP) is 8.20. The first kappa shape index (κ1) is 22.6. The average Bonchev–Trinajstić information content (AvgIpc) is 3.54. The molecule has 1 saturated carbocycles. The third-order valence-electron chi connectivity index (χ3n) is 8.22. The Bertz CT molecular complexity index is 1680. The molecule has 2 aromatic heterocycles. The zero-order valence-corrected chi connectivity index (χ0v) is 21.5. The second kappa shape index (κ2) is 8.64. The molecule has 0 amide bonds. The van der Waals surface area contributed by atoms with Gasteiger partial charge in [0.15, 0.2) is 5.69 Å². The van der Waals surface area contributed by atoms with Crippen molar-refractivity contribution >= 4 is 21.9 Å². The summed E-state index contributed by atoms with van der Waals surface area (Å²) in [4.78, 5) is 0. The molecule has 36 heavy (non-hydrogen) atoms. The number of fused-ring (bicyclic) bond motifs is 3. The van der Waals surface area contributed by atoms with Crippen LogP contribution in [0.15, 0.2) is 65.1 Å². The minimum Gasteiger partial charge on any atom is -0.454 e. The molecule has 0 radical (unpaired) electrons. The molecular formula is C33H31N2O+. The normalized spacial score (nSPS) is 14.1. The first-order valence-corrected chi connectivity index (χ1v) is 12.9. The lowest BCUT2D eigenvalue weighted by Crippen LogP contribution is -2.37. The lowest BCUT2D eigenvalue weighted by molar-refractivity contribution is -0.667. The Hall–Kier alpha value is -3.90. The van der Waals surface area contributed by atoms with Crippen molar-refractivity contribution in [1.29, 1.82) is 5.26 Å². The van der Waals surface area contributed by atoms with E-state index in [9.17, 15) is 5.26 Å². The molecular weight excluding hydrogens is 440 g/mol. The fourth-order valence-corrected chi connectivity index (χ4v) is 6.35. The summed E-state index contributed by atoms with van der Waals surface area (Å²) >= 11 is 0. The van der Waals surface area contributed by atoms with Crippen LogP contribution in [0.4, 0.5) is 0 Å². The Morgan fingerprint density at radius 3 is 2.33 bits per heavy atom. The van der Waals surface area contributed by atoms with Crippen LogP contribution in [-0.2, 0) is 7.05 Å². The highest BCUT2D eigenvalue weighted by molar-refractivity contribution is 6.13. The molecule has 0 N–H and O–H groups in total.